The number of carboxylic acids is 1. The number of carbonyl (C=O) groups excluding carboxylic acids is 1. The lowest BCUT2D eigenvalue weighted by molar-refractivity contribution is -0.134. The van der Waals surface area contributed by atoms with E-state index in [1.165, 1.54) is 0 Å². The molecule has 0 amide bonds. The fraction of sp³-hybridized carbons (Fsp3) is 0.600. The van der Waals surface area contributed by atoms with E-state index in [0.717, 1.165) is 6.92 Å². The fourth-order valence-electron chi connectivity index (χ4n) is 0. The molecule has 0 aromatic carbocycles. The summed E-state index contributed by atoms with van der Waals surface area (Å²) in [5, 5.41) is 22.7. The van der Waals surface area contributed by atoms with Crippen LogP contribution in [-0.2, 0) is 9.59 Å². The predicted octanol–water partition coefficient (Wildman–Crippen LogP) is -1.12. The third-order valence-electron chi connectivity index (χ3n) is 0.1000. The van der Waals surface area contributed by atoms with Gasteiger partial charge in [0, 0.05) is 6.92 Å². The number of hydrogen-bond acceptors (Lipinski definition) is 4. The smallest absolute Gasteiger partial charge is 0.300 e. The first kappa shape index (κ1) is 16.0. The van der Waals surface area contributed by atoms with Crippen molar-refractivity contribution in [2.24, 2.45) is 0 Å². The van der Waals surface area contributed by atoms with Crippen molar-refractivity contribution in [1.29, 1.82) is 0 Å². The summed E-state index contributed by atoms with van der Waals surface area (Å²) in [6.07, 6.45) is 0. The standard InChI is InChI=1S/C2H4O2.C2H6O2.CH2O/c1-2(3)4;3-1-2-4;1-2/h1H3,(H,3,4);3-4H,1-2H2;1H2. The van der Waals surface area contributed by atoms with E-state index in [9.17, 15) is 0 Å². The number of rotatable bonds is 1. The summed E-state index contributed by atoms with van der Waals surface area (Å²) in [5.41, 5.74) is 0. The average molecular weight is 152 g/mol. The lowest BCUT2D eigenvalue weighted by atomic mass is 10.8. The van der Waals surface area contributed by atoms with Gasteiger partial charge in [0.05, 0.1) is 13.2 Å². The Kier molecular flexibility index (Phi) is 39.1. The van der Waals surface area contributed by atoms with E-state index < -0.39 is 5.97 Å². The van der Waals surface area contributed by atoms with Gasteiger partial charge in [-0.2, -0.15) is 0 Å². The molecule has 5 heteroatoms. The summed E-state index contributed by atoms with van der Waals surface area (Å²) in [5.74, 6) is -0.833. The first-order valence-corrected chi connectivity index (χ1v) is 2.35. The Bertz CT molecular complexity index is 57.1. The summed E-state index contributed by atoms with van der Waals surface area (Å²) in [6, 6.07) is 0. The molecule has 0 bridgehead atoms. The van der Waals surface area contributed by atoms with Crippen molar-refractivity contribution in [3.63, 3.8) is 0 Å². The highest BCUT2D eigenvalue weighted by Crippen LogP contribution is 1.42. The zero-order chi connectivity index (χ0) is 8.99. The van der Waals surface area contributed by atoms with E-state index in [-0.39, 0.29) is 13.2 Å². The van der Waals surface area contributed by atoms with Gasteiger partial charge in [-0.3, -0.25) is 4.79 Å². The van der Waals surface area contributed by atoms with E-state index in [4.69, 9.17) is 24.9 Å². The summed E-state index contributed by atoms with van der Waals surface area (Å²) in [4.78, 5) is 17.0. The van der Waals surface area contributed by atoms with Crippen molar-refractivity contribution in [3.05, 3.63) is 0 Å². The van der Waals surface area contributed by atoms with Gasteiger partial charge in [0.1, 0.15) is 6.79 Å². The molecule has 0 aliphatic rings. The van der Waals surface area contributed by atoms with E-state index in [0.29, 0.717) is 0 Å². The topological polar surface area (TPSA) is 94.8 Å². The van der Waals surface area contributed by atoms with Crippen LogP contribution in [0.4, 0.5) is 0 Å². The monoisotopic (exact) mass is 152 g/mol. The summed E-state index contributed by atoms with van der Waals surface area (Å²) >= 11 is 0. The molecule has 0 aromatic rings. The summed E-state index contributed by atoms with van der Waals surface area (Å²) in [7, 11) is 0. The van der Waals surface area contributed by atoms with Gasteiger partial charge in [-0.25, -0.2) is 0 Å². The van der Waals surface area contributed by atoms with Crippen LogP contribution in [0.3, 0.4) is 0 Å². The molecule has 0 rings (SSSR count). The SMILES string of the molecule is C=O.CC(=O)O.OCCO. The molecule has 0 atom stereocenters. The Hall–Kier alpha value is -0.940. The molecule has 0 saturated heterocycles. The zero-order valence-electron chi connectivity index (χ0n) is 5.78. The minimum absolute atomic E-state index is 0.125. The number of aliphatic hydroxyl groups excluding tert-OH is 2. The Morgan fingerprint density at radius 1 is 1.30 bits per heavy atom. The van der Waals surface area contributed by atoms with Crippen molar-refractivity contribution < 1.29 is 24.9 Å². The molecule has 0 saturated carbocycles. The van der Waals surface area contributed by atoms with E-state index >= 15 is 0 Å². The van der Waals surface area contributed by atoms with Gasteiger partial charge >= 0.3 is 0 Å². The molecule has 0 aromatic heterocycles. The molecule has 0 aliphatic heterocycles. The minimum atomic E-state index is -0.833. The lowest BCUT2D eigenvalue weighted by Crippen LogP contribution is -1.85. The number of carbonyl (C=O) groups is 2. The number of aliphatic hydroxyl groups is 2. The Morgan fingerprint density at radius 2 is 1.40 bits per heavy atom. The summed E-state index contributed by atoms with van der Waals surface area (Å²) < 4.78 is 0. The fourth-order valence-corrected chi connectivity index (χ4v) is 0. The van der Waals surface area contributed by atoms with Gasteiger partial charge in [0.2, 0.25) is 0 Å². The third kappa shape index (κ3) is 72000. The van der Waals surface area contributed by atoms with Crippen LogP contribution in [0.25, 0.3) is 0 Å². The predicted molar refractivity (Wildman–Crippen MR) is 34.6 cm³/mol. The second-order valence-electron chi connectivity index (χ2n) is 0.966. The maximum Gasteiger partial charge on any atom is 0.300 e. The van der Waals surface area contributed by atoms with E-state index in [1.54, 1.807) is 0 Å². The van der Waals surface area contributed by atoms with E-state index in [2.05, 4.69) is 0 Å². The quantitative estimate of drug-likeness (QED) is 0.442. The van der Waals surface area contributed by atoms with Crippen LogP contribution in [0.15, 0.2) is 0 Å². The first-order chi connectivity index (χ1) is 4.65. The zero-order valence-corrected chi connectivity index (χ0v) is 5.78. The molecule has 0 aliphatic carbocycles. The molecule has 0 unspecified atom stereocenters. The Labute approximate surface area is 58.9 Å². The molecule has 10 heavy (non-hydrogen) atoms. The third-order valence-corrected chi connectivity index (χ3v) is 0.1000. The lowest BCUT2D eigenvalue weighted by Gasteiger charge is -1.70. The first-order valence-electron chi connectivity index (χ1n) is 2.35. The summed E-state index contributed by atoms with van der Waals surface area (Å²) in [6.45, 7) is 2.83. The van der Waals surface area contributed by atoms with Gasteiger partial charge in [-0.1, -0.05) is 0 Å². The molecule has 0 spiro atoms. The van der Waals surface area contributed by atoms with Crippen LogP contribution in [0.1, 0.15) is 6.92 Å². The van der Waals surface area contributed by atoms with Crippen LogP contribution < -0.4 is 0 Å². The highest BCUT2D eigenvalue weighted by atomic mass is 16.4. The largest absolute Gasteiger partial charge is 0.481 e. The average Bonchev–Trinajstić information content (AvgIpc) is 1.91. The van der Waals surface area contributed by atoms with Crippen molar-refractivity contribution in [1.82, 2.24) is 0 Å². The van der Waals surface area contributed by atoms with Crippen LogP contribution in [0.5, 0.6) is 0 Å². The van der Waals surface area contributed by atoms with Crippen LogP contribution in [0, 0.1) is 0 Å². The van der Waals surface area contributed by atoms with Crippen molar-refractivity contribution >= 4 is 12.8 Å². The number of carboxylic acid groups (broad SMARTS) is 1. The van der Waals surface area contributed by atoms with Crippen LogP contribution in [0.2, 0.25) is 0 Å². The normalized spacial score (nSPS) is 5.90. The molecular formula is C5H12O5. The van der Waals surface area contributed by atoms with Gasteiger partial charge in [-0.05, 0) is 0 Å². The second-order valence-corrected chi connectivity index (χ2v) is 0.966. The van der Waals surface area contributed by atoms with Crippen LogP contribution in [-0.4, -0.2) is 41.3 Å². The molecule has 5 nitrogen and oxygen atoms in total. The van der Waals surface area contributed by atoms with Gasteiger partial charge in [-0.15, -0.1) is 0 Å². The second kappa shape index (κ2) is 24.4. The molecule has 62 valence electrons. The van der Waals surface area contributed by atoms with E-state index in [1.807, 2.05) is 6.79 Å². The highest BCUT2D eigenvalue weighted by Gasteiger charge is 1.65. The van der Waals surface area contributed by atoms with Gasteiger partial charge < -0.3 is 20.1 Å². The van der Waals surface area contributed by atoms with Crippen molar-refractivity contribution in [2.75, 3.05) is 13.2 Å². The minimum Gasteiger partial charge on any atom is -0.481 e. The molecule has 3 N–H and O–H groups in total. The van der Waals surface area contributed by atoms with Gasteiger partial charge in [0.15, 0.2) is 0 Å². The van der Waals surface area contributed by atoms with Crippen molar-refractivity contribution in [2.45, 2.75) is 6.92 Å². The number of hydrogen-bond donors (Lipinski definition) is 3. The maximum absolute atomic E-state index is 9.00. The maximum atomic E-state index is 9.00. The number of aliphatic carboxylic acids is 1. The molecule has 0 fully saturated rings. The highest BCUT2D eigenvalue weighted by molar-refractivity contribution is 5.62. The Morgan fingerprint density at radius 3 is 1.40 bits per heavy atom. The molecular weight excluding hydrogens is 140 g/mol. The van der Waals surface area contributed by atoms with Gasteiger partial charge in [0.25, 0.3) is 5.97 Å². The van der Waals surface area contributed by atoms with Crippen molar-refractivity contribution in [3.8, 4) is 0 Å². The molecule has 0 heterocycles. The Balaban J connectivity index is -0.0000000787. The molecule has 0 radical (unpaired) electrons. The van der Waals surface area contributed by atoms with Crippen LogP contribution >= 0.6 is 0 Å².